The summed E-state index contributed by atoms with van der Waals surface area (Å²) >= 11 is 0. The highest BCUT2D eigenvalue weighted by Gasteiger charge is 2.06. The maximum atomic E-state index is 11.3. The molecule has 7 heteroatoms. The van der Waals surface area contributed by atoms with Gasteiger partial charge in [0.1, 0.15) is 15.6 Å². The average molecular weight is 272 g/mol. The van der Waals surface area contributed by atoms with E-state index in [1.807, 2.05) is 0 Å². The Bertz CT molecular complexity index is 514. The Kier molecular flexibility index (Phi) is 4.96. The van der Waals surface area contributed by atoms with Crippen LogP contribution in [0.15, 0.2) is 24.3 Å². The number of ether oxygens (including phenoxy) is 1. The smallest absolute Gasteiger partial charge is 0.257 e. The first-order valence-electron chi connectivity index (χ1n) is 5.30. The van der Waals surface area contributed by atoms with Crippen LogP contribution in [-0.2, 0) is 14.6 Å². The van der Waals surface area contributed by atoms with E-state index in [4.69, 9.17) is 10.5 Å². The number of benzene rings is 1. The zero-order valence-corrected chi connectivity index (χ0v) is 10.9. The Morgan fingerprint density at radius 3 is 2.67 bits per heavy atom. The van der Waals surface area contributed by atoms with E-state index in [-0.39, 0.29) is 24.8 Å². The summed E-state index contributed by atoms with van der Waals surface area (Å²) in [4.78, 5) is 11.3. The second-order valence-electron chi connectivity index (χ2n) is 3.81. The molecule has 0 saturated heterocycles. The van der Waals surface area contributed by atoms with Crippen molar-refractivity contribution in [1.29, 1.82) is 0 Å². The number of sulfone groups is 1. The SMILES string of the molecule is CS(=O)(=O)CCNC(=O)COc1ccccc1N. The Morgan fingerprint density at radius 2 is 2.06 bits per heavy atom. The number of anilines is 1. The summed E-state index contributed by atoms with van der Waals surface area (Å²) in [6, 6.07) is 6.82. The summed E-state index contributed by atoms with van der Waals surface area (Å²) < 4.78 is 26.9. The normalized spacial score (nSPS) is 10.9. The van der Waals surface area contributed by atoms with E-state index in [0.29, 0.717) is 11.4 Å². The molecule has 18 heavy (non-hydrogen) atoms. The number of nitrogens with two attached hydrogens (primary N) is 1. The third-order valence-electron chi connectivity index (χ3n) is 2.07. The van der Waals surface area contributed by atoms with Crippen molar-refractivity contribution in [2.24, 2.45) is 0 Å². The predicted octanol–water partition coefficient (Wildman–Crippen LogP) is -0.192. The molecule has 0 bridgehead atoms. The molecular formula is C11H16N2O4S. The lowest BCUT2D eigenvalue weighted by atomic mass is 10.3. The number of carbonyl (C=O) groups is 1. The molecule has 6 nitrogen and oxygen atoms in total. The first-order valence-corrected chi connectivity index (χ1v) is 7.36. The third kappa shape index (κ3) is 5.53. The molecule has 1 aromatic carbocycles. The fourth-order valence-corrected chi connectivity index (χ4v) is 1.66. The number of carbonyl (C=O) groups excluding carboxylic acids is 1. The van der Waals surface area contributed by atoms with Crippen molar-refractivity contribution in [3.05, 3.63) is 24.3 Å². The van der Waals surface area contributed by atoms with E-state index in [1.54, 1.807) is 24.3 Å². The molecule has 0 fully saturated rings. The summed E-state index contributed by atoms with van der Waals surface area (Å²) in [7, 11) is -3.07. The number of hydrogen-bond donors (Lipinski definition) is 2. The van der Waals surface area contributed by atoms with Crippen molar-refractivity contribution in [1.82, 2.24) is 5.32 Å². The zero-order chi connectivity index (χ0) is 13.6. The van der Waals surface area contributed by atoms with Gasteiger partial charge in [0.25, 0.3) is 5.91 Å². The molecule has 0 unspecified atom stereocenters. The topological polar surface area (TPSA) is 98.5 Å². The number of nitrogen functional groups attached to an aromatic ring is 1. The Labute approximate surface area is 106 Å². The Balaban J connectivity index is 2.32. The molecule has 0 saturated carbocycles. The lowest BCUT2D eigenvalue weighted by Crippen LogP contribution is -2.32. The van der Waals surface area contributed by atoms with Crippen LogP contribution in [0.2, 0.25) is 0 Å². The zero-order valence-electron chi connectivity index (χ0n) is 10.0. The van der Waals surface area contributed by atoms with Gasteiger partial charge >= 0.3 is 0 Å². The Hall–Kier alpha value is -1.76. The van der Waals surface area contributed by atoms with Crippen molar-refractivity contribution in [3.8, 4) is 5.75 Å². The minimum atomic E-state index is -3.07. The van der Waals surface area contributed by atoms with Crippen molar-refractivity contribution < 1.29 is 17.9 Å². The van der Waals surface area contributed by atoms with E-state index >= 15 is 0 Å². The minimum absolute atomic E-state index is 0.0747. The van der Waals surface area contributed by atoms with Crippen LogP contribution >= 0.6 is 0 Å². The molecule has 0 aromatic heterocycles. The van der Waals surface area contributed by atoms with Crippen LogP contribution < -0.4 is 15.8 Å². The van der Waals surface area contributed by atoms with E-state index in [1.165, 1.54) is 0 Å². The number of rotatable bonds is 6. The molecule has 0 spiro atoms. The first-order chi connectivity index (χ1) is 8.38. The molecule has 1 rings (SSSR count). The lowest BCUT2D eigenvalue weighted by molar-refractivity contribution is -0.122. The second kappa shape index (κ2) is 6.25. The molecule has 3 N–H and O–H groups in total. The maximum absolute atomic E-state index is 11.3. The fourth-order valence-electron chi connectivity index (χ4n) is 1.18. The van der Waals surface area contributed by atoms with Gasteiger partial charge in [0.15, 0.2) is 6.61 Å². The lowest BCUT2D eigenvalue weighted by Gasteiger charge is -2.08. The average Bonchev–Trinajstić information content (AvgIpc) is 2.26. The van der Waals surface area contributed by atoms with Crippen molar-refractivity contribution in [2.75, 3.05) is 30.9 Å². The highest BCUT2D eigenvalue weighted by molar-refractivity contribution is 7.90. The molecule has 0 atom stereocenters. The molecule has 0 aliphatic carbocycles. The largest absolute Gasteiger partial charge is 0.482 e. The van der Waals surface area contributed by atoms with Gasteiger partial charge in [-0.3, -0.25) is 4.79 Å². The highest BCUT2D eigenvalue weighted by atomic mass is 32.2. The van der Waals surface area contributed by atoms with Crippen LogP contribution in [0.5, 0.6) is 5.75 Å². The van der Waals surface area contributed by atoms with Crippen molar-refractivity contribution in [3.63, 3.8) is 0 Å². The third-order valence-corrected chi connectivity index (χ3v) is 3.02. The monoisotopic (exact) mass is 272 g/mol. The molecule has 0 aliphatic heterocycles. The van der Waals surface area contributed by atoms with Gasteiger partial charge < -0.3 is 15.8 Å². The standard InChI is InChI=1S/C11H16N2O4S/c1-18(15,16)7-6-13-11(14)8-17-10-5-3-2-4-9(10)12/h2-5H,6-8,12H2,1H3,(H,13,14). The molecule has 0 heterocycles. The van der Waals surface area contributed by atoms with Crippen LogP contribution in [0.3, 0.4) is 0 Å². The van der Waals surface area contributed by atoms with Crippen LogP contribution in [0.4, 0.5) is 5.69 Å². The number of hydrogen-bond acceptors (Lipinski definition) is 5. The Morgan fingerprint density at radius 1 is 1.39 bits per heavy atom. The fraction of sp³-hybridized carbons (Fsp3) is 0.364. The first kappa shape index (κ1) is 14.3. The molecule has 1 amide bonds. The minimum Gasteiger partial charge on any atom is -0.482 e. The quantitative estimate of drug-likeness (QED) is 0.699. The van der Waals surface area contributed by atoms with E-state index in [0.717, 1.165) is 6.26 Å². The van der Waals surface area contributed by atoms with Gasteiger partial charge in [0.05, 0.1) is 11.4 Å². The van der Waals surface area contributed by atoms with Crippen molar-refractivity contribution >= 4 is 21.4 Å². The summed E-state index contributed by atoms with van der Waals surface area (Å²) in [6.07, 6.45) is 1.11. The molecule has 0 aliphatic rings. The van der Waals surface area contributed by atoms with Crippen LogP contribution in [0, 0.1) is 0 Å². The van der Waals surface area contributed by atoms with Gasteiger partial charge in [-0.05, 0) is 12.1 Å². The van der Waals surface area contributed by atoms with Gasteiger partial charge in [-0.25, -0.2) is 8.42 Å². The summed E-state index contributed by atoms with van der Waals surface area (Å²) in [5.74, 6) is -0.0516. The summed E-state index contributed by atoms with van der Waals surface area (Å²) in [6.45, 7) is -0.122. The van der Waals surface area contributed by atoms with Crippen LogP contribution in [-0.4, -0.2) is 39.5 Å². The van der Waals surface area contributed by atoms with Gasteiger partial charge in [0.2, 0.25) is 0 Å². The number of para-hydroxylation sites is 2. The number of nitrogens with one attached hydrogen (secondary N) is 1. The predicted molar refractivity (Wildman–Crippen MR) is 69.1 cm³/mol. The number of amides is 1. The highest BCUT2D eigenvalue weighted by Crippen LogP contribution is 2.19. The molecule has 100 valence electrons. The van der Waals surface area contributed by atoms with E-state index in [2.05, 4.69) is 5.32 Å². The molecule has 1 aromatic rings. The van der Waals surface area contributed by atoms with Gasteiger partial charge in [0, 0.05) is 12.8 Å². The van der Waals surface area contributed by atoms with Crippen LogP contribution in [0.25, 0.3) is 0 Å². The van der Waals surface area contributed by atoms with Gasteiger partial charge in [-0.15, -0.1) is 0 Å². The molecular weight excluding hydrogens is 256 g/mol. The summed E-state index contributed by atoms with van der Waals surface area (Å²) in [5, 5.41) is 2.44. The van der Waals surface area contributed by atoms with Crippen molar-refractivity contribution in [2.45, 2.75) is 0 Å². The second-order valence-corrected chi connectivity index (χ2v) is 6.07. The van der Waals surface area contributed by atoms with E-state index in [9.17, 15) is 13.2 Å². The molecule has 0 radical (unpaired) electrons. The summed E-state index contributed by atoms with van der Waals surface area (Å²) in [5.41, 5.74) is 6.07. The maximum Gasteiger partial charge on any atom is 0.257 e. The van der Waals surface area contributed by atoms with Crippen LogP contribution in [0.1, 0.15) is 0 Å². The van der Waals surface area contributed by atoms with Gasteiger partial charge in [-0.2, -0.15) is 0 Å². The van der Waals surface area contributed by atoms with E-state index < -0.39 is 9.84 Å². The van der Waals surface area contributed by atoms with Gasteiger partial charge in [-0.1, -0.05) is 12.1 Å².